The van der Waals surface area contributed by atoms with Crippen molar-refractivity contribution in [1.29, 1.82) is 0 Å². The van der Waals surface area contributed by atoms with Crippen LogP contribution in [0.3, 0.4) is 0 Å². The Morgan fingerprint density at radius 3 is 2.89 bits per heavy atom. The zero-order chi connectivity index (χ0) is 13.1. The monoisotopic (exact) mass is 263 g/mol. The number of hydrogen-bond acceptors (Lipinski definition) is 3. The van der Waals surface area contributed by atoms with E-state index in [4.69, 9.17) is 16.3 Å². The van der Waals surface area contributed by atoms with E-state index in [-0.39, 0.29) is 11.8 Å². The molecule has 0 spiro atoms. The van der Waals surface area contributed by atoms with Gasteiger partial charge in [-0.3, -0.25) is 0 Å². The van der Waals surface area contributed by atoms with Crippen molar-refractivity contribution in [3.05, 3.63) is 41.2 Å². The molecule has 18 heavy (non-hydrogen) atoms. The van der Waals surface area contributed by atoms with E-state index in [1.807, 2.05) is 38.1 Å². The van der Waals surface area contributed by atoms with E-state index in [1.165, 1.54) is 0 Å². The van der Waals surface area contributed by atoms with Gasteiger partial charge in [-0.25, -0.2) is 9.78 Å². The lowest BCUT2D eigenvalue weighted by Crippen LogP contribution is -2.15. The van der Waals surface area contributed by atoms with Gasteiger partial charge >= 0.3 is 5.97 Å². The van der Waals surface area contributed by atoms with Gasteiger partial charge in [-0.15, -0.1) is 0 Å². The molecular formula is C14H14ClNO2. The summed E-state index contributed by atoms with van der Waals surface area (Å²) in [5.74, 6) is -0.433. The highest BCUT2D eigenvalue weighted by molar-refractivity contribution is 6.34. The number of esters is 1. The summed E-state index contributed by atoms with van der Waals surface area (Å²) >= 11 is 6.06. The van der Waals surface area contributed by atoms with Gasteiger partial charge in [0.1, 0.15) is 5.15 Å². The second-order valence-electron chi connectivity index (χ2n) is 4.14. The summed E-state index contributed by atoms with van der Waals surface area (Å²) in [6.45, 7) is 3.80. The molecular weight excluding hydrogens is 250 g/mol. The number of ether oxygens (including phenoxy) is 1. The zero-order valence-electron chi connectivity index (χ0n) is 10.3. The molecule has 1 aromatic heterocycles. The molecule has 4 heteroatoms. The van der Waals surface area contributed by atoms with Crippen LogP contribution in [0, 0.1) is 0 Å². The second kappa shape index (κ2) is 5.36. The lowest BCUT2D eigenvalue weighted by atomic mass is 10.1. The molecule has 1 atom stereocenters. The van der Waals surface area contributed by atoms with Gasteiger partial charge in [0.25, 0.3) is 0 Å². The van der Waals surface area contributed by atoms with Gasteiger partial charge in [0, 0.05) is 5.39 Å². The first-order valence-electron chi connectivity index (χ1n) is 5.88. The molecule has 0 aliphatic carbocycles. The van der Waals surface area contributed by atoms with E-state index < -0.39 is 5.97 Å². The maximum atomic E-state index is 11.9. The first-order valence-corrected chi connectivity index (χ1v) is 6.26. The Bertz CT molecular complexity index is 583. The molecule has 3 nitrogen and oxygen atoms in total. The third kappa shape index (κ3) is 2.62. The fourth-order valence-electron chi connectivity index (χ4n) is 1.59. The minimum atomic E-state index is -0.433. The van der Waals surface area contributed by atoms with Gasteiger partial charge in [0.2, 0.25) is 0 Å². The standard InChI is InChI=1S/C14H14ClNO2/c1-3-9(2)18-14(17)12-8-10-6-4-5-7-11(10)13(15)16-12/h4-9H,3H2,1-2H3. The SMILES string of the molecule is CCC(C)OC(=O)c1cc2ccccc2c(Cl)n1. The summed E-state index contributed by atoms with van der Waals surface area (Å²) in [4.78, 5) is 15.9. The summed E-state index contributed by atoms with van der Waals surface area (Å²) < 4.78 is 5.23. The predicted octanol–water partition coefficient (Wildman–Crippen LogP) is 3.84. The minimum Gasteiger partial charge on any atom is -0.458 e. The van der Waals surface area contributed by atoms with Gasteiger partial charge in [0.15, 0.2) is 5.69 Å². The highest BCUT2D eigenvalue weighted by Gasteiger charge is 2.14. The number of aromatic nitrogens is 1. The minimum absolute atomic E-state index is 0.121. The second-order valence-corrected chi connectivity index (χ2v) is 4.50. The van der Waals surface area contributed by atoms with Crippen LogP contribution in [0.15, 0.2) is 30.3 Å². The first-order chi connectivity index (χ1) is 8.61. The van der Waals surface area contributed by atoms with Crippen molar-refractivity contribution in [1.82, 2.24) is 4.98 Å². The average Bonchev–Trinajstić information content (AvgIpc) is 2.38. The van der Waals surface area contributed by atoms with Crippen molar-refractivity contribution in [3.8, 4) is 0 Å². The molecule has 2 aromatic rings. The molecule has 0 amide bonds. The van der Waals surface area contributed by atoms with Gasteiger partial charge in [-0.2, -0.15) is 0 Å². The molecule has 0 saturated heterocycles. The van der Waals surface area contributed by atoms with E-state index in [0.717, 1.165) is 17.2 Å². The zero-order valence-corrected chi connectivity index (χ0v) is 11.1. The maximum Gasteiger partial charge on any atom is 0.357 e. The number of carbonyl (C=O) groups excluding carboxylic acids is 1. The molecule has 1 heterocycles. The molecule has 0 saturated carbocycles. The molecule has 0 aliphatic heterocycles. The van der Waals surface area contributed by atoms with Crippen molar-refractivity contribution >= 4 is 28.3 Å². The van der Waals surface area contributed by atoms with E-state index >= 15 is 0 Å². The highest BCUT2D eigenvalue weighted by atomic mass is 35.5. The Hall–Kier alpha value is -1.61. The average molecular weight is 264 g/mol. The summed E-state index contributed by atoms with van der Waals surface area (Å²) in [5.41, 5.74) is 0.249. The predicted molar refractivity (Wildman–Crippen MR) is 71.9 cm³/mol. The number of benzene rings is 1. The molecule has 1 unspecified atom stereocenters. The van der Waals surface area contributed by atoms with Crippen LogP contribution in [0.4, 0.5) is 0 Å². The fraction of sp³-hybridized carbons (Fsp3) is 0.286. The van der Waals surface area contributed by atoms with Crippen LogP contribution < -0.4 is 0 Å². The largest absolute Gasteiger partial charge is 0.458 e. The summed E-state index contributed by atoms with van der Waals surface area (Å²) in [7, 11) is 0. The third-order valence-corrected chi connectivity index (χ3v) is 3.07. The highest BCUT2D eigenvalue weighted by Crippen LogP contribution is 2.22. The third-order valence-electron chi connectivity index (χ3n) is 2.79. The molecule has 0 aliphatic rings. The Kier molecular flexibility index (Phi) is 3.82. The molecule has 0 fully saturated rings. The van der Waals surface area contributed by atoms with Crippen molar-refractivity contribution in [2.75, 3.05) is 0 Å². The van der Waals surface area contributed by atoms with Gasteiger partial charge in [-0.1, -0.05) is 42.8 Å². The molecule has 0 N–H and O–H groups in total. The smallest absolute Gasteiger partial charge is 0.357 e. The van der Waals surface area contributed by atoms with Crippen molar-refractivity contribution in [2.45, 2.75) is 26.4 Å². The van der Waals surface area contributed by atoms with E-state index in [2.05, 4.69) is 4.98 Å². The Morgan fingerprint density at radius 1 is 1.44 bits per heavy atom. The Labute approximate surface area is 111 Å². The van der Waals surface area contributed by atoms with Crippen LogP contribution in [0.1, 0.15) is 30.8 Å². The fourth-order valence-corrected chi connectivity index (χ4v) is 1.85. The number of fused-ring (bicyclic) bond motifs is 1. The van der Waals surface area contributed by atoms with Crippen molar-refractivity contribution in [3.63, 3.8) is 0 Å². The van der Waals surface area contributed by atoms with Gasteiger partial charge < -0.3 is 4.74 Å². The number of pyridine rings is 1. The number of halogens is 1. The van der Waals surface area contributed by atoms with E-state index in [0.29, 0.717) is 5.15 Å². The van der Waals surface area contributed by atoms with Crippen molar-refractivity contribution < 1.29 is 9.53 Å². The summed E-state index contributed by atoms with van der Waals surface area (Å²) in [5, 5.41) is 2.04. The Morgan fingerprint density at radius 2 is 2.17 bits per heavy atom. The van der Waals surface area contributed by atoms with Gasteiger partial charge in [-0.05, 0) is 24.8 Å². The quantitative estimate of drug-likeness (QED) is 0.624. The maximum absolute atomic E-state index is 11.9. The van der Waals surface area contributed by atoms with Crippen molar-refractivity contribution in [2.24, 2.45) is 0 Å². The van der Waals surface area contributed by atoms with Crippen LogP contribution in [-0.2, 0) is 4.74 Å². The summed E-state index contributed by atoms with van der Waals surface area (Å²) in [6.07, 6.45) is 0.650. The van der Waals surface area contributed by atoms with E-state index in [1.54, 1.807) is 6.07 Å². The summed E-state index contributed by atoms with van der Waals surface area (Å²) in [6, 6.07) is 9.23. The van der Waals surface area contributed by atoms with Crippen LogP contribution in [0.5, 0.6) is 0 Å². The molecule has 0 bridgehead atoms. The first kappa shape index (κ1) is 12.8. The van der Waals surface area contributed by atoms with Gasteiger partial charge in [0.05, 0.1) is 6.10 Å². The lowest BCUT2D eigenvalue weighted by molar-refractivity contribution is 0.0328. The molecule has 2 rings (SSSR count). The van der Waals surface area contributed by atoms with Crippen LogP contribution >= 0.6 is 11.6 Å². The topological polar surface area (TPSA) is 39.2 Å². The lowest BCUT2D eigenvalue weighted by Gasteiger charge is -2.11. The van der Waals surface area contributed by atoms with E-state index in [9.17, 15) is 4.79 Å². The number of rotatable bonds is 3. The van der Waals surface area contributed by atoms with Crippen LogP contribution in [0.2, 0.25) is 5.15 Å². The number of hydrogen-bond donors (Lipinski definition) is 0. The number of carbonyl (C=O) groups is 1. The number of nitrogens with zero attached hydrogens (tertiary/aromatic N) is 1. The molecule has 1 aromatic carbocycles. The molecule has 94 valence electrons. The molecule has 0 radical (unpaired) electrons. The Balaban J connectivity index is 2.37. The van der Waals surface area contributed by atoms with Crippen LogP contribution in [-0.4, -0.2) is 17.1 Å². The van der Waals surface area contributed by atoms with Crippen LogP contribution in [0.25, 0.3) is 10.8 Å². The normalized spacial score (nSPS) is 12.4.